The molecule has 3 N–H and O–H groups in total. The predicted molar refractivity (Wildman–Crippen MR) is 42.7 cm³/mol. The van der Waals surface area contributed by atoms with Crippen LogP contribution < -0.4 is 11.1 Å². The quantitative estimate of drug-likeness (QED) is 0.589. The highest BCUT2D eigenvalue weighted by atomic mass is 16.5. The Morgan fingerprint density at radius 3 is 3.00 bits per heavy atom. The van der Waals surface area contributed by atoms with Crippen LogP contribution in [0.5, 0.6) is 0 Å². The molecule has 5 nitrogen and oxygen atoms in total. The van der Waals surface area contributed by atoms with Crippen molar-refractivity contribution < 1.29 is 14.3 Å². The zero-order chi connectivity index (χ0) is 8.97. The van der Waals surface area contributed by atoms with Gasteiger partial charge in [0, 0.05) is 0 Å². The summed E-state index contributed by atoms with van der Waals surface area (Å²) in [5.74, 6) is 0. The minimum atomic E-state index is -0.427. The van der Waals surface area contributed by atoms with Gasteiger partial charge in [-0.25, -0.2) is 4.79 Å². The molecule has 0 bridgehead atoms. The van der Waals surface area contributed by atoms with Gasteiger partial charge in [-0.15, -0.1) is 0 Å². The van der Waals surface area contributed by atoms with Crippen molar-refractivity contribution in [2.24, 2.45) is 5.73 Å². The molecule has 12 heavy (non-hydrogen) atoms. The van der Waals surface area contributed by atoms with Crippen LogP contribution in [0.2, 0.25) is 0 Å². The van der Waals surface area contributed by atoms with Crippen molar-refractivity contribution in [3.05, 3.63) is 0 Å². The molecule has 2 unspecified atom stereocenters. The van der Waals surface area contributed by atoms with Gasteiger partial charge >= 0.3 is 6.09 Å². The summed E-state index contributed by atoms with van der Waals surface area (Å²) in [6.07, 6.45) is -0.427. The Balaban J connectivity index is 2.25. The molecule has 0 aliphatic carbocycles. The van der Waals surface area contributed by atoms with Gasteiger partial charge in [0.25, 0.3) is 0 Å². The van der Waals surface area contributed by atoms with E-state index >= 15 is 0 Å². The van der Waals surface area contributed by atoms with E-state index in [1.165, 1.54) is 0 Å². The van der Waals surface area contributed by atoms with Crippen LogP contribution in [0.25, 0.3) is 0 Å². The van der Waals surface area contributed by atoms with E-state index in [1.807, 2.05) is 0 Å². The molecule has 1 fully saturated rings. The first kappa shape index (κ1) is 9.28. The predicted octanol–water partition coefficient (Wildman–Crippen LogP) is -0.541. The molecule has 70 valence electrons. The lowest BCUT2D eigenvalue weighted by atomic mass is 10.2. The van der Waals surface area contributed by atoms with Crippen LogP contribution in [0.3, 0.4) is 0 Å². The Bertz CT molecular complexity index is 163. The molecule has 0 spiro atoms. The number of nitrogens with two attached hydrogens (primary N) is 1. The molecule has 1 amide bonds. The molecule has 5 heteroatoms. The van der Waals surface area contributed by atoms with E-state index in [0.717, 1.165) is 0 Å². The minimum Gasteiger partial charge on any atom is -0.450 e. The van der Waals surface area contributed by atoms with Gasteiger partial charge in [0.2, 0.25) is 0 Å². The number of alkyl carbamates (subject to hydrolysis) is 1. The Kier molecular flexibility index (Phi) is 3.31. The number of hydrogen-bond donors (Lipinski definition) is 2. The lowest BCUT2D eigenvalue weighted by molar-refractivity contribution is 0.143. The summed E-state index contributed by atoms with van der Waals surface area (Å²) >= 11 is 0. The second-order valence-electron chi connectivity index (χ2n) is 2.67. The highest BCUT2D eigenvalue weighted by molar-refractivity contribution is 5.67. The van der Waals surface area contributed by atoms with Crippen molar-refractivity contribution in [3.63, 3.8) is 0 Å². The SMILES string of the molecule is CCOC(=O)NC1COCC1N. The van der Waals surface area contributed by atoms with E-state index in [0.29, 0.717) is 19.8 Å². The Morgan fingerprint density at radius 2 is 2.50 bits per heavy atom. The van der Waals surface area contributed by atoms with Crippen LogP contribution in [-0.2, 0) is 9.47 Å². The Morgan fingerprint density at radius 1 is 1.75 bits per heavy atom. The summed E-state index contributed by atoms with van der Waals surface area (Å²) in [6, 6.07) is -0.224. The highest BCUT2D eigenvalue weighted by Crippen LogP contribution is 2.02. The third-order valence-electron chi connectivity index (χ3n) is 1.70. The third kappa shape index (κ3) is 2.35. The van der Waals surface area contributed by atoms with Crippen molar-refractivity contribution >= 4 is 6.09 Å². The molecule has 0 aromatic carbocycles. The summed E-state index contributed by atoms with van der Waals surface area (Å²) in [5.41, 5.74) is 5.63. The Hall–Kier alpha value is -0.810. The van der Waals surface area contributed by atoms with Crippen molar-refractivity contribution in [2.45, 2.75) is 19.0 Å². The standard InChI is InChI=1S/C7H14N2O3/c1-2-12-7(10)9-6-4-11-3-5(6)8/h5-6H,2-4,8H2,1H3,(H,9,10). The van der Waals surface area contributed by atoms with E-state index in [-0.39, 0.29) is 12.1 Å². The Labute approximate surface area is 71.2 Å². The lowest BCUT2D eigenvalue weighted by Gasteiger charge is -2.14. The van der Waals surface area contributed by atoms with E-state index in [1.54, 1.807) is 6.92 Å². The van der Waals surface area contributed by atoms with Gasteiger partial charge in [-0.1, -0.05) is 0 Å². The number of rotatable bonds is 2. The topological polar surface area (TPSA) is 73.6 Å². The molecule has 0 saturated carbocycles. The van der Waals surface area contributed by atoms with Gasteiger partial charge in [-0.3, -0.25) is 0 Å². The largest absolute Gasteiger partial charge is 0.450 e. The summed E-state index contributed by atoms with van der Waals surface area (Å²) < 4.78 is 9.74. The average molecular weight is 174 g/mol. The van der Waals surface area contributed by atoms with Crippen LogP contribution in [0.1, 0.15) is 6.92 Å². The number of carbonyl (C=O) groups is 1. The van der Waals surface area contributed by atoms with E-state index < -0.39 is 6.09 Å². The molecule has 1 saturated heterocycles. The van der Waals surface area contributed by atoms with Crippen LogP contribution >= 0.6 is 0 Å². The molecule has 1 rings (SSSR count). The van der Waals surface area contributed by atoms with Crippen molar-refractivity contribution in [2.75, 3.05) is 19.8 Å². The van der Waals surface area contributed by atoms with Gasteiger partial charge in [-0.2, -0.15) is 0 Å². The van der Waals surface area contributed by atoms with Gasteiger partial charge in [-0.05, 0) is 6.92 Å². The molecule has 0 aromatic rings. The smallest absolute Gasteiger partial charge is 0.407 e. The molecule has 2 atom stereocenters. The molecule has 0 radical (unpaired) electrons. The highest BCUT2D eigenvalue weighted by Gasteiger charge is 2.26. The maximum Gasteiger partial charge on any atom is 0.407 e. The molecular weight excluding hydrogens is 160 g/mol. The van der Waals surface area contributed by atoms with Crippen LogP contribution in [0, 0.1) is 0 Å². The first-order valence-electron chi connectivity index (χ1n) is 4.00. The fraction of sp³-hybridized carbons (Fsp3) is 0.857. The molecule has 1 aliphatic heterocycles. The second-order valence-corrected chi connectivity index (χ2v) is 2.67. The van der Waals surface area contributed by atoms with Crippen LogP contribution in [0.4, 0.5) is 4.79 Å². The third-order valence-corrected chi connectivity index (χ3v) is 1.70. The number of carbonyl (C=O) groups excluding carboxylic acids is 1. The fourth-order valence-corrected chi connectivity index (χ4v) is 1.04. The van der Waals surface area contributed by atoms with Gasteiger partial charge in [0.05, 0.1) is 31.9 Å². The van der Waals surface area contributed by atoms with Gasteiger partial charge < -0.3 is 20.5 Å². The maximum atomic E-state index is 10.9. The molecular formula is C7H14N2O3. The molecule has 0 aromatic heterocycles. The molecule has 1 heterocycles. The summed E-state index contributed by atoms with van der Waals surface area (Å²) in [4.78, 5) is 10.9. The van der Waals surface area contributed by atoms with E-state index in [4.69, 9.17) is 15.2 Å². The van der Waals surface area contributed by atoms with Crippen molar-refractivity contribution in [1.82, 2.24) is 5.32 Å². The second kappa shape index (κ2) is 4.27. The summed E-state index contributed by atoms with van der Waals surface area (Å²) in [6.45, 7) is 3.09. The summed E-state index contributed by atoms with van der Waals surface area (Å²) in [5, 5.41) is 2.62. The fourth-order valence-electron chi connectivity index (χ4n) is 1.04. The first-order chi connectivity index (χ1) is 5.74. The summed E-state index contributed by atoms with van der Waals surface area (Å²) in [7, 11) is 0. The lowest BCUT2D eigenvalue weighted by Crippen LogP contribution is -2.46. The van der Waals surface area contributed by atoms with E-state index in [9.17, 15) is 4.79 Å². The monoisotopic (exact) mass is 174 g/mol. The number of ether oxygens (including phenoxy) is 2. The first-order valence-corrected chi connectivity index (χ1v) is 4.00. The number of amides is 1. The maximum absolute atomic E-state index is 10.9. The van der Waals surface area contributed by atoms with Gasteiger partial charge in [0.1, 0.15) is 0 Å². The molecule has 1 aliphatic rings. The zero-order valence-electron chi connectivity index (χ0n) is 7.08. The van der Waals surface area contributed by atoms with E-state index in [2.05, 4.69) is 5.32 Å². The zero-order valence-corrected chi connectivity index (χ0v) is 7.08. The normalized spacial score (nSPS) is 28.5. The van der Waals surface area contributed by atoms with Gasteiger partial charge in [0.15, 0.2) is 0 Å². The van der Waals surface area contributed by atoms with Crippen molar-refractivity contribution in [1.29, 1.82) is 0 Å². The van der Waals surface area contributed by atoms with Crippen molar-refractivity contribution in [3.8, 4) is 0 Å². The number of hydrogen-bond acceptors (Lipinski definition) is 4. The van der Waals surface area contributed by atoms with Crippen LogP contribution in [-0.4, -0.2) is 38.0 Å². The average Bonchev–Trinajstić information content (AvgIpc) is 2.37. The number of nitrogens with one attached hydrogen (secondary N) is 1. The van der Waals surface area contributed by atoms with Crippen LogP contribution in [0.15, 0.2) is 0 Å². The minimum absolute atomic E-state index is 0.107.